The largest absolute Gasteiger partial charge is 0.493 e. The molecule has 0 unspecified atom stereocenters. The number of ether oxygens (including phenoxy) is 6. The molecule has 0 saturated heterocycles. The molecule has 3 aromatic carbocycles. The van der Waals surface area contributed by atoms with E-state index >= 15 is 0 Å². The van der Waals surface area contributed by atoms with Crippen molar-refractivity contribution < 1.29 is 28.4 Å². The molecule has 0 spiro atoms. The summed E-state index contributed by atoms with van der Waals surface area (Å²) >= 11 is 0. The van der Waals surface area contributed by atoms with Gasteiger partial charge in [-0.25, -0.2) is 0 Å². The number of hydrazine groups is 1. The van der Waals surface area contributed by atoms with Crippen LogP contribution in [0.25, 0.3) is 0 Å². The van der Waals surface area contributed by atoms with Gasteiger partial charge in [0.1, 0.15) is 5.75 Å². The molecule has 0 aromatic heterocycles. The van der Waals surface area contributed by atoms with Gasteiger partial charge < -0.3 is 33.8 Å². The van der Waals surface area contributed by atoms with Crippen LogP contribution in [0, 0.1) is 0 Å². The zero-order chi connectivity index (χ0) is 22.8. The summed E-state index contributed by atoms with van der Waals surface area (Å²) in [6, 6.07) is 17.7. The molecule has 2 aliphatic rings. The minimum Gasteiger partial charge on any atom is -0.493 e. The Labute approximate surface area is 192 Å². The van der Waals surface area contributed by atoms with Crippen LogP contribution in [0.15, 0.2) is 54.6 Å². The van der Waals surface area contributed by atoms with Crippen molar-refractivity contribution in [2.45, 2.75) is 18.6 Å². The molecular formula is C25H26N2O6. The SMILES string of the molecule is COc1cc([C@H]2C[C@H](NNc3ccccc3)Oc3cc4c(cc32)OCO4)cc(OC)c1OC. The quantitative estimate of drug-likeness (QED) is 0.516. The molecule has 0 amide bonds. The lowest BCUT2D eigenvalue weighted by Crippen LogP contribution is -2.42. The standard InChI is InChI=1S/C25H26N2O6/c1-28-22-9-15(10-23(29-2)25(22)30-3)17-12-24(27-26-16-7-5-4-6-8-16)33-19-13-21-20(11-18(17)19)31-14-32-21/h4-11,13,17,24,26-27H,12,14H2,1-3H3/t17-,24-/m1/s1. The number of hydrogen-bond donors (Lipinski definition) is 2. The third kappa shape index (κ3) is 4.05. The average molecular weight is 450 g/mol. The van der Waals surface area contributed by atoms with Gasteiger partial charge in [0.2, 0.25) is 12.5 Å². The molecule has 0 aliphatic carbocycles. The van der Waals surface area contributed by atoms with Crippen molar-refractivity contribution in [2.75, 3.05) is 33.5 Å². The van der Waals surface area contributed by atoms with Crippen molar-refractivity contribution in [3.63, 3.8) is 0 Å². The van der Waals surface area contributed by atoms with Gasteiger partial charge in [-0.15, -0.1) is 0 Å². The maximum atomic E-state index is 6.29. The minimum absolute atomic E-state index is 0.0213. The Morgan fingerprint density at radius 3 is 2.18 bits per heavy atom. The number of hydrogen-bond acceptors (Lipinski definition) is 8. The first-order chi connectivity index (χ1) is 16.2. The van der Waals surface area contributed by atoms with Gasteiger partial charge >= 0.3 is 0 Å². The molecule has 0 fully saturated rings. The fourth-order valence-electron chi connectivity index (χ4n) is 4.25. The summed E-state index contributed by atoms with van der Waals surface area (Å²) in [6.07, 6.45) is 0.354. The van der Waals surface area contributed by atoms with Gasteiger partial charge in [0.05, 0.1) is 21.3 Å². The molecule has 2 atom stereocenters. The summed E-state index contributed by atoms with van der Waals surface area (Å²) in [5, 5.41) is 0. The van der Waals surface area contributed by atoms with Gasteiger partial charge in [-0.05, 0) is 35.9 Å². The third-order valence-electron chi connectivity index (χ3n) is 5.84. The summed E-state index contributed by atoms with van der Waals surface area (Å²) in [7, 11) is 4.83. The maximum Gasteiger partial charge on any atom is 0.231 e. The molecule has 2 aliphatic heterocycles. The van der Waals surface area contributed by atoms with E-state index in [4.69, 9.17) is 28.4 Å². The molecule has 5 rings (SSSR count). The first-order valence-electron chi connectivity index (χ1n) is 10.7. The van der Waals surface area contributed by atoms with Crippen molar-refractivity contribution in [1.82, 2.24) is 5.43 Å². The Bertz CT molecular complexity index is 1110. The zero-order valence-electron chi connectivity index (χ0n) is 18.7. The highest BCUT2D eigenvalue weighted by molar-refractivity contribution is 5.59. The lowest BCUT2D eigenvalue weighted by Gasteiger charge is -2.33. The highest BCUT2D eigenvalue weighted by Crippen LogP contribution is 2.49. The fourth-order valence-corrected chi connectivity index (χ4v) is 4.25. The molecule has 33 heavy (non-hydrogen) atoms. The highest BCUT2D eigenvalue weighted by atomic mass is 16.7. The molecule has 8 nitrogen and oxygen atoms in total. The summed E-state index contributed by atoms with van der Waals surface area (Å²) in [5.41, 5.74) is 9.49. The van der Waals surface area contributed by atoms with E-state index in [1.54, 1.807) is 21.3 Å². The van der Waals surface area contributed by atoms with E-state index in [1.807, 2.05) is 54.6 Å². The van der Waals surface area contributed by atoms with Crippen LogP contribution >= 0.6 is 0 Å². The Balaban J connectivity index is 1.52. The monoisotopic (exact) mass is 450 g/mol. The third-order valence-corrected chi connectivity index (χ3v) is 5.84. The van der Waals surface area contributed by atoms with E-state index in [9.17, 15) is 0 Å². The maximum absolute atomic E-state index is 6.29. The van der Waals surface area contributed by atoms with Crippen molar-refractivity contribution in [3.8, 4) is 34.5 Å². The first kappa shape index (κ1) is 21.1. The highest BCUT2D eigenvalue weighted by Gasteiger charge is 2.33. The van der Waals surface area contributed by atoms with Crippen LogP contribution in [0.5, 0.6) is 34.5 Å². The molecule has 172 valence electrons. The second-order valence-electron chi connectivity index (χ2n) is 7.73. The number of rotatable bonds is 7. The summed E-state index contributed by atoms with van der Waals surface area (Å²) in [4.78, 5) is 0. The number of benzene rings is 3. The summed E-state index contributed by atoms with van der Waals surface area (Å²) in [6.45, 7) is 0.199. The molecule has 0 radical (unpaired) electrons. The van der Waals surface area contributed by atoms with E-state index in [-0.39, 0.29) is 18.9 Å². The lowest BCUT2D eigenvalue weighted by atomic mass is 9.85. The van der Waals surface area contributed by atoms with Crippen LogP contribution in [-0.2, 0) is 0 Å². The van der Waals surface area contributed by atoms with Gasteiger partial charge in [0, 0.05) is 29.7 Å². The predicted octanol–water partition coefficient (Wildman–Crippen LogP) is 4.30. The second kappa shape index (κ2) is 8.99. The minimum atomic E-state index is -0.304. The number of para-hydroxylation sites is 1. The number of fused-ring (bicyclic) bond motifs is 2. The van der Waals surface area contributed by atoms with E-state index < -0.39 is 0 Å². The van der Waals surface area contributed by atoms with Crippen LogP contribution in [0.3, 0.4) is 0 Å². The van der Waals surface area contributed by atoms with E-state index in [2.05, 4.69) is 10.9 Å². The topological polar surface area (TPSA) is 79.4 Å². The molecule has 2 N–H and O–H groups in total. The van der Waals surface area contributed by atoms with Gasteiger partial charge in [-0.3, -0.25) is 0 Å². The molecule has 3 aromatic rings. The van der Waals surface area contributed by atoms with Crippen molar-refractivity contribution in [3.05, 3.63) is 65.7 Å². The van der Waals surface area contributed by atoms with Gasteiger partial charge in [-0.2, -0.15) is 5.43 Å². The zero-order valence-corrected chi connectivity index (χ0v) is 18.7. The normalized spacial score (nSPS) is 18.2. The molecule has 2 heterocycles. The van der Waals surface area contributed by atoms with E-state index in [1.165, 1.54) is 0 Å². The Morgan fingerprint density at radius 1 is 0.818 bits per heavy atom. The number of nitrogens with one attached hydrogen (secondary N) is 2. The first-order valence-corrected chi connectivity index (χ1v) is 10.7. The molecule has 0 saturated carbocycles. The molecule has 8 heteroatoms. The molecule has 0 bridgehead atoms. The van der Waals surface area contributed by atoms with Gasteiger partial charge in [0.25, 0.3) is 0 Å². The molecular weight excluding hydrogens is 424 g/mol. The van der Waals surface area contributed by atoms with Crippen molar-refractivity contribution in [2.24, 2.45) is 0 Å². The van der Waals surface area contributed by atoms with Gasteiger partial charge in [-0.1, -0.05) is 18.2 Å². The fraction of sp³-hybridized carbons (Fsp3) is 0.280. The van der Waals surface area contributed by atoms with Crippen LogP contribution in [0.2, 0.25) is 0 Å². The Hall–Kier alpha value is -3.78. The second-order valence-corrected chi connectivity index (χ2v) is 7.73. The Kier molecular flexibility index (Phi) is 5.75. The van der Waals surface area contributed by atoms with Gasteiger partial charge in [0.15, 0.2) is 29.2 Å². The van der Waals surface area contributed by atoms with Crippen molar-refractivity contribution in [1.29, 1.82) is 0 Å². The van der Waals surface area contributed by atoms with Crippen LogP contribution in [-0.4, -0.2) is 34.4 Å². The van der Waals surface area contributed by atoms with Crippen LogP contribution < -0.4 is 39.3 Å². The number of methoxy groups -OCH3 is 3. The van der Waals surface area contributed by atoms with Crippen molar-refractivity contribution >= 4 is 5.69 Å². The summed E-state index contributed by atoms with van der Waals surface area (Å²) in [5.74, 6) is 3.86. The lowest BCUT2D eigenvalue weighted by molar-refractivity contribution is 0.138. The Morgan fingerprint density at radius 2 is 1.52 bits per heavy atom. The number of anilines is 1. The predicted molar refractivity (Wildman–Crippen MR) is 123 cm³/mol. The van der Waals surface area contributed by atoms with Crippen LogP contribution in [0.1, 0.15) is 23.5 Å². The van der Waals surface area contributed by atoms with E-state index in [0.717, 1.165) is 22.6 Å². The van der Waals surface area contributed by atoms with E-state index in [0.29, 0.717) is 35.2 Å². The summed E-state index contributed by atoms with van der Waals surface area (Å²) < 4.78 is 34.2. The van der Waals surface area contributed by atoms with Crippen LogP contribution in [0.4, 0.5) is 5.69 Å². The smallest absolute Gasteiger partial charge is 0.231 e. The average Bonchev–Trinajstić information content (AvgIpc) is 3.32.